The van der Waals surface area contributed by atoms with E-state index in [4.69, 9.17) is 22.9 Å². The van der Waals surface area contributed by atoms with Crippen LogP contribution in [-0.2, 0) is 15.9 Å². The number of hydrogen-bond donors (Lipinski definition) is 2. The van der Waals surface area contributed by atoms with Crippen molar-refractivity contribution in [1.29, 1.82) is 0 Å². The van der Waals surface area contributed by atoms with E-state index in [0.717, 1.165) is 51.1 Å². The van der Waals surface area contributed by atoms with E-state index < -0.39 is 11.1 Å². The van der Waals surface area contributed by atoms with Crippen molar-refractivity contribution >= 4 is 17.8 Å². The molecule has 4 N–H and O–H groups in total. The SMILES string of the molecule is C#Cc1cccc(-c2ccnc([C@]3(C)CC(=O)N(C)C(N)=N3)c2)c1.C=C1C[C@@](C)(c2cccc(-c3cccc(C#CC)c3)c2)N=C(N)N1C. The lowest BCUT2D eigenvalue weighted by atomic mass is 9.85. The van der Waals surface area contributed by atoms with Crippen LogP contribution in [0.5, 0.6) is 0 Å². The van der Waals surface area contributed by atoms with Gasteiger partial charge in [0.05, 0.1) is 17.7 Å². The van der Waals surface area contributed by atoms with Crippen LogP contribution in [0.2, 0.25) is 0 Å². The molecule has 0 unspecified atom stereocenters. The summed E-state index contributed by atoms with van der Waals surface area (Å²) in [5.74, 6) is 9.33. The van der Waals surface area contributed by atoms with Gasteiger partial charge in [-0.05, 0) is 91.1 Å². The van der Waals surface area contributed by atoms with Crippen molar-refractivity contribution < 1.29 is 4.79 Å². The Kier molecular flexibility index (Phi) is 9.73. The zero-order valence-corrected chi connectivity index (χ0v) is 28.7. The Morgan fingerprint density at radius 1 is 0.776 bits per heavy atom. The normalized spacial score (nSPS) is 20.2. The number of carbonyl (C=O) groups is 1. The van der Waals surface area contributed by atoms with Gasteiger partial charge in [-0.15, -0.1) is 12.3 Å². The van der Waals surface area contributed by atoms with Crippen molar-refractivity contribution in [2.24, 2.45) is 21.5 Å². The van der Waals surface area contributed by atoms with E-state index in [1.807, 2.05) is 74.3 Å². The fourth-order valence-corrected chi connectivity index (χ4v) is 5.92. The third-order valence-electron chi connectivity index (χ3n) is 8.93. The fourth-order valence-electron chi connectivity index (χ4n) is 5.92. The number of pyridine rings is 1. The van der Waals surface area contributed by atoms with E-state index in [9.17, 15) is 4.79 Å². The van der Waals surface area contributed by atoms with Gasteiger partial charge in [0, 0.05) is 43.5 Å². The number of nitrogens with two attached hydrogens (primary N) is 2. The summed E-state index contributed by atoms with van der Waals surface area (Å²) in [6.07, 6.45) is 8.16. The minimum atomic E-state index is -0.770. The first-order valence-corrected chi connectivity index (χ1v) is 15.9. The first kappa shape index (κ1) is 34.2. The van der Waals surface area contributed by atoms with Gasteiger partial charge in [-0.25, -0.2) is 9.98 Å². The number of rotatable bonds is 4. The van der Waals surface area contributed by atoms with Crippen molar-refractivity contribution in [3.63, 3.8) is 0 Å². The number of nitrogens with zero attached hydrogens (tertiary/aromatic N) is 5. The average Bonchev–Trinajstić information content (AvgIpc) is 3.10. The summed E-state index contributed by atoms with van der Waals surface area (Å²) in [7, 11) is 3.52. The molecule has 0 saturated heterocycles. The topological polar surface area (TPSA) is 113 Å². The van der Waals surface area contributed by atoms with Crippen LogP contribution in [0, 0.1) is 24.2 Å². The maximum Gasteiger partial charge on any atom is 0.231 e. The molecule has 8 heteroatoms. The molecule has 2 atom stereocenters. The highest BCUT2D eigenvalue weighted by molar-refractivity contribution is 5.98. The summed E-state index contributed by atoms with van der Waals surface area (Å²) in [5, 5.41) is 0. The Bertz CT molecular complexity index is 2100. The van der Waals surface area contributed by atoms with Crippen LogP contribution in [0.3, 0.4) is 0 Å². The van der Waals surface area contributed by atoms with Crippen molar-refractivity contribution in [2.45, 2.75) is 44.7 Å². The smallest absolute Gasteiger partial charge is 0.231 e. The fraction of sp³-hybridized carbons (Fsp3) is 0.220. The van der Waals surface area contributed by atoms with Gasteiger partial charge in [0.15, 0.2) is 11.9 Å². The van der Waals surface area contributed by atoms with E-state index in [2.05, 4.69) is 77.6 Å². The highest BCUT2D eigenvalue weighted by Crippen LogP contribution is 2.38. The molecule has 0 bridgehead atoms. The molecule has 2 aliphatic heterocycles. The number of guanidine groups is 2. The van der Waals surface area contributed by atoms with Crippen LogP contribution >= 0.6 is 0 Å². The molecule has 49 heavy (non-hydrogen) atoms. The molecule has 2 aliphatic rings. The summed E-state index contributed by atoms with van der Waals surface area (Å²) >= 11 is 0. The van der Waals surface area contributed by atoms with Crippen LogP contribution in [0.25, 0.3) is 22.3 Å². The molecule has 0 saturated carbocycles. The number of amides is 1. The summed E-state index contributed by atoms with van der Waals surface area (Å²) in [6, 6.07) is 28.3. The molecule has 3 heterocycles. The molecule has 6 rings (SSSR count). The van der Waals surface area contributed by atoms with Gasteiger partial charge in [0.25, 0.3) is 0 Å². The zero-order valence-electron chi connectivity index (χ0n) is 28.7. The van der Waals surface area contributed by atoms with Crippen LogP contribution in [0.4, 0.5) is 0 Å². The average molecular weight is 648 g/mol. The minimum Gasteiger partial charge on any atom is -0.370 e. The van der Waals surface area contributed by atoms with E-state index in [0.29, 0.717) is 11.7 Å². The Morgan fingerprint density at radius 3 is 1.98 bits per heavy atom. The number of hydrogen-bond acceptors (Lipinski definition) is 7. The monoisotopic (exact) mass is 647 g/mol. The summed E-state index contributed by atoms with van der Waals surface area (Å²) in [4.78, 5) is 29.0. The van der Waals surface area contributed by atoms with Gasteiger partial charge < -0.3 is 16.4 Å². The van der Waals surface area contributed by atoms with E-state index in [-0.39, 0.29) is 18.3 Å². The predicted octanol–water partition coefficient (Wildman–Crippen LogP) is 6.23. The lowest BCUT2D eigenvalue weighted by molar-refractivity contribution is -0.128. The Labute approximate surface area is 289 Å². The molecule has 4 aromatic rings. The van der Waals surface area contributed by atoms with Gasteiger partial charge in [-0.1, -0.05) is 60.9 Å². The molecular formula is C41H41N7O. The predicted molar refractivity (Wildman–Crippen MR) is 199 cm³/mol. The second kappa shape index (κ2) is 13.9. The summed E-state index contributed by atoms with van der Waals surface area (Å²) in [6.45, 7) is 9.96. The quantitative estimate of drug-likeness (QED) is 0.255. The molecule has 0 radical (unpaired) electrons. The molecule has 3 aromatic carbocycles. The van der Waals surface area contributed by atoms with Crippen molar-refractivity contribution in [3.05, 3.63) is 126 Å². The molecule has 0 fully saturated rings. The van der Waals surface area contributed by atoms with E-state index in [1.54, 1.807) is 13.2 Å². The first-order chi connectivity index (χ1) is 23.4. The van der Waals surface area contributed by atoms with Crippen LogP contribution < -0.4 is 11.5 Å². The highest BCUT2D eigenvalue weighted by Gasteiger charge is 2.37. The third-order valence-corrected chi connectivity index (χ3v) is 8.93. The Morgan fingerprint density at radius 2 is 1.35 bits per heavy atom. The Hall–Kier alpha value is -6.12. The largest absolute Gasteiger partial charge is 0.370 e. The maximum absolute atomic E-state index is 12.1. The van der Waals surface area contributed by atoms with Crippen LogP contribution in [-0.4, -0.2) is 46.7 Å². The molecule has 8 nitrogen and oxygen atoms in total. The number of aromatic nitrogens is 1. The number of carbonyl (C=O) groups excluding carboxylic acids is 1. The van der Waals surface area contributed by atoms with Gasteiger partial charge in [-0.2, -0.15) is 0 Å². The molecular weight excluding hydrogens is 606 g/mol. The number of aliphatic imine (C=N–C) groups is 2. The van der Waals surface area contributed by atoms with Gasteiger partial charge >= 0.3 is 0 Å². The van der Waals surface area contributed by atoms with Crippen LogP contribution in [0.15, 0.2) is 113 Å². The molecule has 1 amide bonds. The molecule has 246 valence electrons. The van der Waals surface area contributed by atoms with E-state index >= 15 is 0 Å². The third kappa shape index (κ3) is 7.40. The van der Waals surface area contributed by atoms with Gasteiger partial charge in [0.2, 0.25) is 5.91 Å². The summed E-state index contributed by atoms with van der Waals surface area (Å²) < 4.78 is 0. The van der Waals surface area contributed by atoms with Crippen molar-refractivity contribution in [2.75, 3.05) is 14.1 Å². The lowest BCUT2D eigenvalue weighted by Crippen LogP contribution is -2.47. The van der Waals surface area contributed by atoms with Crippen LogP contribution in [0.1, 0.15) is 56.0 Å². The number of terminal acetylenes is 1. The minimum absolute atomic E-state index is 0.0773. The number of benzene rings is 3. The highest BCUT2D eigenvalue weighted by atomic mass is 16.2. The maximum atomic E-state index is 12.1. The Balaban J connectivity index is 0.000000191. The molecule has 1 aromatic heterocycles. The first-order valence-electron chi connectivity index (χ1n) is 15.9. The second-order valence-electron chi connectivity index (χ2n) is 12.6. The zero-order chi connectivity index (χ0) is 35.3. The van der Waals surface area contributed by atoms with Gasteiger partial charge in [0.1, 0.15) is 5.54 Å². The van der Waals surface area contributed by atoms with Gasteiger partial charge in [-0.3, -0.25) is 14.7 Å². The van der Waals surface area contributed by atoms with E-state index in [1.165, 1.54) is 4.90 Å². The molecule has 0 aliphatic carbocycles. The van der Waals surface area contributed by atoms with Crippen molar-refractivity contribution in [3.8, 4) is 46.4 Å². The van der Waals surface area contributed by atoms with Crippen molar-refractivity contribution in [1.82, 2.24) is 14.8 Å². The molecule has 0 spiro atoms. The standard InChI is InChI=1S/C22H23N3.C19H18N4O/c1-5-8-17-9-6-10-18(13-17)19-11-7-12-20(14-19)22(3)15-16(2)25(4)21(23)24-22;1-4-13-6-5-7-14(10-13)15-8-9-21-16(11-15)19(2)12-17(24)23(3)18(20)22-19/h6-7,9-14H,2,15H2,1,3-4H3,(H2,23,24);1,5-11H,12H2,2-3H3,(H2,20,22)/t22-;19-/m00/s1. The lowest BCUT2D eigenvalue weighted by Gasteiger charge is -2.36. The second-order valence-corrected chi connectivity index (χ2v) is 12.6. The summed E-state index contributed by atoms with van der Waals surface area (Å²) in [5.41, 5.74) is 19.7.